The van der Waals surface area contributed by atoms with Gasteiger partial charge < -0.3 is 30.4 Å². The van der Waals surface area contributed by atoms with E-state index in [4.69, 9.17) is 9.47 Å². The Kier molecular flexibility index (Phi) is 10.9. The second-order valence-electron chi connectivity index (χ2n) is 11.9. The topological polar surface area (TPSA) is 169 Å². The number of fused-ring (bicyclic) bond motifs is 1. The van der Waals surface area contributed by atoms with Gasteiger partial charge in [0.05, 0.1) is 18.7 Å². The molecule has 2 aromatic heterocycles. The van der Waals surface area contributed by atoms with E-state index in [-0.39, 0.29) is 29.5 Å². The standard InChI is InChI=1S/C33H41N5O7/c1-18(2)12-26(38-32(42)27-15-22-24(36-27)9-6-10-29(22)44-5)31(41)37-25(14-21-8-7-11-34-30(21)40)28(39)17-45-33(43)23-16-35-20(4)13-19(23)3/h6,9-10,13,15-16,18,21,25-26,36H,7-8,11-12,14,17H2,1-5H3,(H,34,40)(H,37,41)(H,38,42)/t21-,25-,26-/m0/s1. The van der Waals surface area contributed by atoms with Gasteiger partial charge in [0.1, 0.15) is 17.5 Å². The smallest absolute Gasteiger partial charge is 0.340 e. The number of benzene rings is 1. The number of piperidine rings is 1. The number of nitrogens with one attached hydrogen (secondary N) is 4. The molecule has 1 fully saturated rings. The Bertz CT molecular complexity index is 1580. The first-order chi connectivity index (χ1) is 21.5. The summed E-state index contributed by atoms with van der Waals surface area (Å²) in [5.74, 6) is -2.44. The van der Waals surface area contributed by atoms with Crippen LogP contribution in [0.15, 0.2) is 36.5 Å². The van der Waals surface area contributed by atoms with Crippen molar-refractivity contribution in [2.24, 2.45) is 11.8 Å². The highest BCUT2D eigenvalue weighted by atomic mass is 16.5. The molecule has 0 spiro atoms. The SMILES string of the molecule is COc1cccc2[nH]c(C(=O)N[C@@H](CC(C)C)C(=O)N[C@@H](C[C@@H]3CCCNC3=O)C(=O)COC(=O)c3cnc(C)cc3C)cc12. The molecule has 3 aromatic rings. The van der Waals surface area contributed by atoms with Crippen molar-refractivity contribution in [1.82, 2.24) is 25.9 Å². The van der Waals surface area contributed by atoms with Gasteiger partial charge in [-0.05, 0) is 75.3 Å². The first kappa shape index (κ1) is 33.2. The lowest BCUT2D eigenvalue weighted by Crippen LogP contribution is -2.54. The van der Waals surface area contributed by atoms with Crippen LogP contribution in [-0.2, 0) is 19.1 Å². The summed E-state index contributed by atoms with van der Waals surface area (Å²) in [6.45, 7) is 7.31. The fourth-order valence-corrected chi connectivity index (χ4v) is 5.48. The highest BCUT2D eigenvalue weighted by Gasteiger charge is 2.33. The summed E-state index contributed by atoms with van der Waals surface area (Å²) in [7, 11) is 1.54. The summed E-state index contributed by atoms with van der Waals surface area (Å²) in [6, 6.07) is 6.68. The van der Waals surface area contributed by atoms with Crippen LogP contribution < -0.4 is 20.7 Å². The zero-order valence-corrected chi connectivity index (χ0v) is 26.3. The van der Waals surface area contributed by atoms with Crippen LogP contribution in [-0.4, -0.2) is 71.8 Å². The summed E-state index contributed by atoms with van der Waals surface area (Å²) in [5, 5.41) is 9.07. The fourth-order valence-electron chi connectivity index (χ4n) is 5.48. The molecule has 4 N–H and O–H groups in total. The Morgan fingerprint density at radius 1 is 1.09 bits per heavy atom. The Labute approximate surface area is 262 Å². The van der Waals surface area contributed by atoms with Crippen LogP contribution in [0.25, 0.3) is 10.9 Å². The maximum atomic E-state index is 13.7. The highest BCUT2D eigenvalue weighted by molar-refractivity contribution is 6.02. The third-order valence-corrected chi connectivity index (χ3v) is 7.86. The summed E-state index contributed by atoms with van der Waals surface area (Å²) < 4.78 is 10.7. The van der Waals surface area contributed by atoms with E-state index in [1.54, 1.807) is 45.2 Å². The van der Waals surface area contributed by atoms with E-state index in [1.165, 1.54) is 6.20 Å². The number of amides is 3. The summed E-state index contributed by atoms with van der Waals surface area (Å²) in [4.78, 5) is 72.9. The Balaban J connectivity index is 1.50. The Hall–Kier alpha value is -4.74. The lowest BCUT2D eigenvalue weighted by Gasteiger charge is -2.28. The van der Waals surface area contributed by atoms with E-state index < -0.39 is 48.2 Å². The molecule has 12 heteroatoms. The number of methoxy groups -OCH3 is 1. The molecule has 1 aromatic carbocycles. The molecule has 0 saturated carbocycles. The number of hydrogen-bond acceptors (Lipinski definition) is 8. The zero-order chi connectivity index (χ0) is 32.7. The fraction of sp³-hybridized carbons (Fsp3) is 0.455. The van der Waals surface area contributed by atoms with Gasteiger partial charge in [0.25, 0.3) is 5.91 Å². The number of carbonyl (C=O) groups excluding carboxylic acids is 5. The number of rotatable bonds is 13. The average Bonchev–Trinajstić information content (AvgIpc) is 3.45. The monoisotopic (exact) mass is 619 g/mol. The van der Waals surface area contributed by atoms with Gasteiger partial charge in [-0.1, -0.05) is 19.9 Å². The van der Waals surface area contributed by atoms with E-state index in [1.807, 2.05) is 19.9 Å². The Morgan fingerprint density at radius 3 is 2.56 bits per heavy atom. The molecule has 3 atom stereocenters. The quantitative estimate of drug-likeness (QED) is 0.212. The van der Waals surface area contributed by atoms with Gasteiger partial charge in [-0.25, -0.2) is 4.79 Å². The third-order valence-electron chi connectivity index (χ3n) is 7.86. The maximum Gasteiger partial charge on any atom is 0.340 e. The number of H-pyrrole nitrogens is 1. The van der Waals surface area contributed by atoms with E-state index in [0.717, 1.165) is 17.5 Å². The number of esters is 1. The molecule has 3 heterocycles. The second-order valence-corrected chi connectivity index (χ2v) is 11.9. The van der Waals surface area contributed by atoms with E-state index >= 15 is 0 Å². The van der Waals surface area contributed by atoms with Gasteiger partial charge in [-0.2, -0.15) is 0 Å². The molecule has 1 aliphatic rings. The number of ketones is 1. The normalized spacial score (nSPS) is 16.0. The van der Waals surface area contributed by atoms with E-state index in [0.29, 0.717) is 36.2 Å². The number of pyridine rings is 1. The van der Waals surface area contributed by atoms with Crippen molar-refractivity contribution in [1.29, 1.82) is 0 Å². The molecule has 0 radical (unpaired) electrons. The molecule has 1 saturated heterocycles. The molecular weight excluding hydrogens is 578 g/mol. The predicted molar refractivity (Wildman–Crippen MR) is 167 cm³/mol. The molecule has 1 aliphatic heterocycles. The van der Waals surface area contributed by atoms with E-state index in [2.05, 4.69) is 25.9 Å². The van der Waals surface area contributed by atoms with Crippen LogP contribution in [0.1, 0.15) is 71.6 Å². The largest absolute Gasteiger partial charge is 0.496 e. The molecule has 4 rings (SSSR count). The minimum atomic E-state index is -1.12. The zero-order valence-electron chi connectivity index (χ0n) is 26.3. The van der Waals surface area contributed by atoms with Crippen molar-refractivity contribution in [3.05, 3.63) is 59.0 Å². The lowest BCUT2D eigenvalue weighted by molar-refractivity contribution is -0.133. The number of nitrogens with zero attached hydrogens (tertiary/aromatic N) is 1. The van der Waals surface area contributed by atoms with Gasteiger partial charge in [0.2, 0.25) is 11.8 Å². The summed E-state index contributed by atoms with van der Waals surface area (Å²) in [5.41, 5.74) is 2.57. The van der Waals surface area contributed by atoms with Crippen LogP contribution >= 0.6 is 0 Å². The predicted octanol–water partition coefficient (Wildman–Crippen LogP) is 3.16. The number of aromatic amines is 1. The number of aryl methyl sites for hydroxylation is 2. The highest BCUT2D eigenvalue weighted by Crippen LogP contribution is 2.26. The minimum Gasteiger partial charge on any atom is -0.496 e. The molecule has 0 bridgehead atoms. The van der Waals surface area contributed by atoms with Crippen LogP contribution in [0.4, 0.5) is 0 Å². The molecule has 45 heavy (non-hydrogen) atoms. The van der Waals surface area contributed by atoms with Crippen molar-refractivity contribution < 1.29 is 33.4 Å². The van der Waals surface area contributed by atoms with Gasteiger partial charge in [-0.15, -0.1) is 0 Å². The van der Waals surface area contributed by atoms with Crippen LogP contribution in [0, 0.1) is 25.7 Å². The van der Waals surface area contributed by atoms with Crippen molar-refractivity contribution >= 4 is 40.4 Å². The van der Waals surface area contributed by atoms with Crippen LogP contribution in [0.3, 0.4) is 0 Å². The number of carbonyl (C=O) groups is 5. The number of Topliss-reactive ketones (excluding diaryl/α,β-unsaturated/α-hetero) is 1. The van der Waals surface area contributed by atoms with Crippen LogP contribution in [0.2, 0.25) is 0 Å². The van der Waals surface area contributed by atoms with Gasteiger partial charge in [0, 0.05) is 35.3 Å². The Morgan fingerprint density at radius 2 is 1.87 bits per heavy atom. The maximum absolute atomic E-state index is 13.7. The number of hydrogen-bond donors (Lipinski definition) is 4. The van der Waals surface area contributed by atoms with Crippen molar-refractivity contribution in [3.63, 3.8) is 0 Å². The van der Waals surface area contributed by atoms with Gasteiger partial charge >= 0.3 is 5.97 Å². The first-order valence-corrected chi connectivity index (χ1v) is 15.1. The third kappa shape index (κ3) is 8.46. The molecule has 0 unspecified atom stereocenters. The van der Waals surface area contributed by atoms with Gasteiger partial charge in [0.15, 0.2) is 12.4 Å². The van der Waals surface area contributed by atoms with Crippen LogP contribution in [0.5, 0.6) is 5.75 Å². The summed E-state index contributed by atoms with van der Waals surface area (Å²) >= 11 is 0. The second kappa shape index (κ2) is 14.8. The number of ether oxygens (including phenoxy) is 2. The molecule has 240 valence electrons. The minimum absolute atomic E-state index is 0.0226. The van der Waals surface area contributed by atoms with E-state index in [9.17, 15) is 24.0 Å². The van der Waals surface area contributed by atoms with Crippen molar-refractivity contribution in [2.75, 3.05) is 20.3 Å². The molecule has 3 amide bonds. The van der Waals surface area contributed by atoms with Gasteiger partial charge in [-0.3, -0.25) is 24.2 Å². The first-order valence-electron chi connectivity index (χ1n) is 15.1. The van der Waals surface area contributed by atoms with Crippen molar-refractivity contribution in [2.45, 2.75) is 65.5 Å². The average molecular weight is 620 g/mol. The molecular formula is C33H41N5O7. The summed E-state index contributed by atoms with van der Waals surface area (Å²) in [6.07, 6.45) is 3.01. The molecule has 12 nitrogen and oxygen atoms in total. The molecule has 0 aliphatic carbocycles. The van der Waals surface area contributed by atoms with Crippen molar-refractivity contribution in [3.8, 4) is 5.75 Å². The lowest BCUT2D eigenvalue weighted by atomic mass is 9.90. The number of aromatic nitrogens is 2.